The Balaban J connectivity index is 1.65. The maximum atomic E-state index is 12.1. The van der Waals surface area contributed by atoms with Crippen LogP contribution in [0, 0.1) is 0 Å². The van der Waals surface area contributed by atoms with E-state index in [1.807, 2.05) is 42.5 Å². The molecule has 0 fully saturated rings. The standard InChI is InChI=1S/C30H28N2O2/c1-2-24-26(19-29(31)33)30-28(34-20-21-10-4-3-5-11-21)16-9-17-32(30)27(24)18-23-14-8-13-22-12-6-7-15-25(22)23/h3-17H,2,18-20H2,1H3,(H2,31,33). The van der Waals surface area contributed by atoms with E-state index in [1.165, 1.54) is 27.6 Å². The van der Waals surface area contributed by atoms with E-state index in [1.54, 1.807) is 0 Å². The summed E-state index contributed by atoms with van der Waals surface area (Å²) in [4.78, 5) is 12.1. The van der Waals surface area contributed by atoms with Crippen molar-refractivity contribution in [1.82, 2.24) is 4.40 Å². The summed E-state index contributed by atoms with van der Waals surface area (Å²) in [6.45, 7) is 2.60. The van der Waals surface area contributed by atoms with Crippen molar-refractivity contribution in [1.29, 1.82) is 0 Å². The number of amides is 1. The minimum atomic E-state index is -0.336. The fraction of sp³-hybridized carbons (Fsp3) is 0.167. The summed E-state index contributed by atoms with van der Waals surface area (Å²) in [6.07, 6.45) is 3.82. The van der Waals surface area contributed by atoms with Crippen molar-refractivity contribution >= 4 is 22.2 Å². The van der Waals surface area contributed by atoms with Gasteiger partial charge in [-0.15, -0.1) is 0 Å². The van der Waals surface area contributed by atoms with Crippen LogP contribution in [-0.4, -0.2) is 10.3 Å². The lowest BCUT2D eigenvalue weighted by Crippen LogP contribution is -2.14. The van der Waals surface area contributed by atoms with Gasteiger partial charge < -0.3 is 14.9 Å². The van der Waals surface area contributed by atoms with Gasteiger partial charge in [0.15, 0.2) is 0 Å². The van der Waals surface area contributed by atoms with Crippen molar-refractivity contribution in [3.63, 3.8) is 0 Å². The first-order chi connectivity index (χ1) is 16.7. The van der Waals surface area contributed by atoms with Crippen LogP contribution in [0.5, 0.6) is 5.75 Å². The molecule has 2 heterocycles. The van der Waals surface area contributed by atoms with E-state index in [2.05, 4.69) is 60.0 Å². The highest BCUT2D eigenvalue weighted by Gasteiger charge is 2.22. The number of benzene rings is 3. The monoisotopic (exact) mass is 448 g/mol. The van der Waals surface area contributed by atoms with Crippen LogP contribution >= 0.6 is 0 Å². The molecule has 0 saturated heterocycles. The summed E-state index contributed by atoms with van der Waals surface area (Å²) in [6, 6.07) is 29.0. The molecule has 4 nitrogen and oxygen atoms in total. The number of aromatic nitrogens is 1. The quantitative estimate of drug-likeness (QED) is 0.324. The second-order valence-electron chi connectivity index (χ2n) is 8.58. The van der Waals surface area contributed by atoms with Crippen LogP contribution in [0.25, 0.3) is 16.3 Å². The molecule has 0 atom stereocenters. The zero-order valence-corrected chi connectivity index (χ0v) is 19.3. The van der Waals surface area contributed by atoms with E-state index in [-0.39, 0.29) is 12.3 Å². The van der Waals surface area contributed by atoms with Gasteiger partial charge in [0.1, 0.15) is 12.4 Å². The molecule has 0 bridgehead atoms. The number of pyridine rings is 1. The SMILES string of the molecule is CCc1c(CC(N)=O)c2c(OCc3ccccc3)cccn2c1Cc1cccc2ccccc12. The molecule has 0 radical (unpaired) electrons. The summed E-state index contributed by atoms with van der Waals surface area (Å²) >= 11 is 0. The number of ether oxygens (including phenoxy) is 1. The summed E-state index contributed by atoms with van der Waals surface area (Å²) in [5.74, 6) is 0.429. The second kappa shape index (κ2) is 9.44. The van der Waals surface area contributed by atoms with Gasteiger partial charge >= 0.3 is 0 Å². The third-order valence-corrected chi connectivity index (χ3v) is 6.43. The maximum Gasteiger partial charge on any atom is 0.221 e. The molecule has 34 heavy (non-hydrogen) atoms. The van der Waals surface area contributed by atoms with Crippen molar-refractivity contribution in [3.05, 3.63) is 119 Å². The lowest BCUT2D eigenvalue weighted by Gasteiger charge is -2.11. The van der Waals surface area contributed by atoms with Gasteiger partial charge in [-0.2, -0.15) is 0 Å². The molecule has 0 spiro atoms. The molecule has 0 aliphatic carbocycles. The molecule has 0 aliphatic heterocycles. The highest BCUT2D eigenvalue weighted by Crippen LogP contribution is 2.34. The van der Waals surface area contributed by atoms with Gasteiger partial charge in [0.2, 0.25) is 5.91 Å². The van der Waals surface area contributed by atoms with Crippen LogP contribution in [0.3, 0.4) is 0 Å². The van der Waals surface area contributed by atoms with Crippen molar-refractivity contribution in [3.8, 4) is 5.75 Å². The largest absolute Gasteiger partial charge is 0.487 e. The summed E-state index contributed by atoms with van der Waals surface area (Å²) < 4.78 is 8.48. The van der Waals surface area contributed by atoms with Crippen LogP contribution < -0.4 is 10.5 Å². The maximum absolute atomic E-state index is 12.1. The highest BCUT2D eigenvalue weighted by molar-refractivity contribution is 5.86. The number of primary amides is 1. The predicted molar refractivity (Wildman–Crippen MR) is 137 cm³/mol. The molecule has 2 N–H and O–H groups in total. The van der Waals surface area contributed by atoms with Crippen molar-refractivity contribution in [2.45, 2.75) is 32.8 Å². The lowest BCUT2D eigenvalue weighted by atomic mass is 9.97. The van der Waals surface area contributed by atoms with Crippen LogP contribution in [0.15, 0.2) is 91.1 Å². The van der Waals surface area contributed by atoms with Crippen LogP contribution in [0.2, 0.25) is 0 Å². The molecule has 1 amide bonds. The minimum Gasteiger partial charge on any atom is -0.487 e. The molecular weight excluding hydrogens is 420 g/mol. The normalized spacial score (nSPS) is 11.2. The molecule has 2 aromatic heterocycles. The third-order valence-electron chi connectivity index (χ3n) is 6.43. The molecule has 4 heteroatoms. The summed E-state index contributed by atoms with van der Waals surface area (Å²) in [7, 11) is 0. The van der Waals surface area contributed by atoms with E-state index >= 15 is 0 Å². The lowest BCUT2D eigenvalue weighted by molar-refractivity contribution is -0.117. The second-order valence-corrected chi connectivity index (χ2v) is 8.58. The Labute approximate surface area is 199 Å². The van der Waals surface area contributed by atoms with Crippen LogP contribution in [0.4, 0.5) is 0 Å². The molecule has 5 aromatic rings. The fourth-order valence-corrected chi connectivity index (χ4v) is 4.92. The van der Waals surface area contributed by atoms with Crippen molar-refractivity contribution in [2.75, 3.05) is 0 Å². The molecule has 170 valence electrons. The van der Waals surface area contributed by atoms with Gasteiger partial charge in [0.25, 0.3) is 0 Å². The number of carbonyl (C=O) groups is 1. The van der Waals surface area contributed by atoms with E-state index in [0.717, 1.165) is 35.2 Å². The Morgan fingerprint density at radius 3 is 2.44 bits per heavy atom. The number of hydrogen-bond acceptors (Lipinski definition) is 2. The highest BCUT2D eigenvalue weighted by atomic mass is 16.5. The van der Waals surface area contributed by atoms with Gasteiger partial charge in [0.05, 0.1) is 11.9 Å². The fourth-order valence-electron chi connectivity index (χ4n) is 4.92. The number of rotatable bonds is 8. The van der Waals surface area contributed by atoms with E-state index in [0.29, 0.717) is 6.61 Å². The van der Waals surface area contributed by atoms with Gasteiger partial charge in [0, 0.05) is 18.3 Å². The Bertz CT molecular complexity index is 1460. The van der Waals surface area contributed by atoms with E-state index in [4.69, 9.17) is 10.5 Å². The Morgan fingerprint density at radius 2 is 1.65 bits per heavy atom. The third kappa shape index (κ3) is 4.15. The van der Waals surface area contributed by atoms with Crippen molar-refractivity contribution < 1.29 is 9.53 Å². The number of fused-ring (bicyclic) bond motifs is 2. The summed E-state index contributed by atoms with van der Waals surface area (Å²) in [5, 5.41) is 2.47. The zero-order chi connectivity index (χ0) is 23.5. The van der Waals surface area contributed by atoms with Gasteiger partial charge in [-0.1, -0.05) is 79.7 Å². The molecule has 3 aromatic carbocycles. The number of hydrogen-bond donors (Lipinski definition) is 1. The first-order valence-corrected chi connectivity index (χ1v) is 11.7. The molecule has 0 saturated carbocycles. The van der Waals surface area contributed by atoms with Gasteiger partial charge in [-0.3, -0.25) is 4.79 Å². The van der Waals surface area contributed by atoms with Crippen LogP contribution in [-0.2, 0) is 30.7 Å². The molecule has 0 aliphatic rings. The zero-order valence-electron chi connectivity index (χ0n) is 19.3. The van der Waals surface area contributed by atoms with E-state index < -0.39 is 0 Å². The Kier molecular flexibility index (Phi) is 6.05. The van der Waals surface area contributed by atoms with Gasteiger partial charge in [-0.25, -0.2) is 0 Å². The first-order valence-electron chi connectivity index (χ1n) is 11.7. The van der Waals surface area contributed by atoms with E-state index in [9.17, 15) is 4.79 Å². The average molecular weight is 449 g/mol. The minimum absolute atomic E-state index is 0.188. The topological polar surface area (TPSA) is 56.7 Å². The van der Waals surface area contributed by atoms with Crippen molar-refractivity contribution in [2.24, 2.45) is 5.73 Å². The van der Waals surface area contributed by atoms with Gasteiger partial charge in [-0.05, 0) is 51.6 Å². The summed E-state index contributed by atoms with van der Waals surface area (Å²) in [5.41, 5.74) is 12.3. The smallest absolute Gasteiger partial charge is 0.221 e. The van der Waals surface area contributed by atoms with Crippen LogP contribution in [0.1, 0.15) is 34.9 Å². The molecular formula is C30H28N2O2. The predicted octanol–water partition coefficient (Wildman–Crippen LogP) is 5.85. The number of nitrogens with two attached hydrogens (primary N) is 1. The first kappa shape index (κ1) is 21.8. The molecule has 0 unspecified atom stereocenters. The molecule has 5 rings (SSSR count). The average Bonchev–Trinajstić information content (AvgIpc) is 3.15. The Morgan fingerprint density at radius 1 is 0.882 bits per heavy atom. The number of nitrogens with zero attached hydrogens (tertiary/aromatic N) is 1. The number of carbonyl (C=O) groups excluding carboxylic acids is 1. The Hall–Kier alpha value is -4.05.